The summed E-state index contributed by atoms with van der Waals surface area (Å²) in [6.45, 7) is 4.82. The van der Waals surface area contributed by atoms with E-state index in [1.54, 1.807) is 6.42 Å². The van der Waals surface area contributed by atoms with Crippen LogP contribution in [0.2, 0.25) is 0 Å². The van der Waals surface area contributed by atoms with Crippen LogP contribution in [0, 0.1) is 23.7 Å². The van der Waals surface area contributed by atoms with Crippen LogP contribution in [0.3, 0.4) is 0 Å². The molecule has 0 saturated heterocycles. The first-order valence-electron chi connectivity index (χ1n) is 4.83. The molecule has 2 bridgehead atoms. The van der Waals surface area contributed by atoms with Gasteiger partial charge in [0.05, 0.1) is 0 Å². The van der Waals surface area contributed by atoms with E-state index in [1.165, 1.54) is 19.3 Å². The molecule has 0 aromatic rings. The summed E-state index contributed by atoms with van der Waals surface area (Å²) in [5.41, 5.74) is 0. The fourth-order valence-corrected chi connectivity index (χ4v) is 3.08. The van der Waals surface area contributed by atoms with Gasteiger partial charge in [-0.3, -0.25) is 0 Å². The summed E-state index contributed by atoms with van der Waals surface area (Å²) in [5, 5.41) is 0. The van der Waals surface area contributed by atoms with Gasteiger partial charge in [0.2, 0.25) is 0 Å². The van der Waals surface area contributed by atoms with E-state index >= 15 is 0 Å². The second-order valence-corrected chi connectivity index (χ2v) is 4.26. The van der Waals surface area contributed by atoms with E-state index in [2.05, 4.69) is 13.8 Å². The van der Waals surface area contributed by atoms with Gasteiger partial charge in [0, 0.05) is 0 Å². The molecule has 0 aromatic heterocycles. The van der Waals surface area contributed by atoms with Crippen molar-refractivity contribution in [2.24, 2.45) is 23.7 Å². The Bertz CT molecular complexity index is 124. The van der Waals surface area contributed by atoms with Crippen molar-refractivity contribution in [2.75, 3.05) is 0 Å². The highest BCUT2D eigenvalue weighted by Crippen LogP contribution is 2.53. The highest BCUT2D eigenvalue weighted by Gasteiger charge is 2.44. The highest BCUT2D eigenvalue weighted by molar-refractivity contribution is 4.94. The van der Waals surface area contributed by atoms with Gasteiger partial charge in [0.15, 0.2) is 0 Å². The number of fused-ring (bicyclic) bond motifs is 2. The van der Waals surface area contributed by atoms with Crippen LogP contribution < -0.4 is 0 Å². The van der Waals surface area contributed by atoms with Crippen molar-refractivity contribution in [3.63, 3.8) is 0 Å². The van der Waals surface area contributed by atoms with Crippen molar-refractivity contribution in [3.05, 3.63) is 0 Å². The van der Waals surface area contributed by atoms with Crippen LogP contribution in [0.1, 0.15) is 39.5 Å². The van der Waals surface area contributed by atoms with Crippen LogP contribution in [0.5, 0.6) is 0 Å². The molecular formula is C10H18. The zero-order chi connectivity index (χ0) is 7.14. The summed E-state index contributed by atoms with van der Waals surface area (Å²) in [6.07, 6.45) is 6.08. The molecule has 58 valence electrons. The summed E-state index contributed by atoms with van der Waals surface area (Å²) in [6, 6.07) is 0. The number of hydrogen-bond acceptors (Lipinski definition) is 0. The average Bonchev–Trinajstić information content (AvgIpc) is 2.03. The molecule has 3 aliphatic carbocycles. The lowest BCUT2D eigenvalue weighted by molar-refractivity contribution is -0.0247. The molecule has 3 fully saturated rings. The van der Waals surface area contributed by atoms with Gasteiger partial charge in [-0.15, -0.1) is 0 Å². The number of hydrogen-bond donors (Lipinski definition) is 0. The van der Waals surface area contributed by atoms with Crippen LogP contribution in [0.4, 0.5) is 0 Å². The standard InChI is InChI=1S/C10H18/c1-3-8-4-5-9-6-10(8)7(9)2/h7-10H,3-6H2,1-2H3. The molecule has 4 unspecified atom stereocenters. The lowest BCUT2D eigenvalue weighted by Gasteiger charge is -2.52. The van der Waals surface area contributed by atoms with E-state index in [0.29, 0.717) is 0 Å². The first kappa shape index (κ1) is 6.69. The molecule has 3 rings (SSSR count). The summed E-state index contributed by atoms with van der Waals surface area (Å²) in [5.74, 6) is 4.44. The Balaban J connectivity index is 2.00. The molecule has 4 atom stereocenters. The van der Waals surface area contributed by atoms with E-state index in [0.717, 1.165) is 23.7 Å². The fraction of sp³-hybridized carbons (Fsp3) is 1.00. The Hall–Kier alpha value is 0. The molecule has 0 aromatic carbocycles. The quantitative estimate of drug-likeness (QED) is 0.522. The van der Waals surface area contributed by atoms with E-state index in [4.69, 9.17) is 0 Å². The van der Waals surface area contributed by atoms with Crippen molar-refractivity contribution in [3.8, 4) is 0 Å². The Morgan fingerprint density at radius 2 is 2.10 bits per heavy atom. The second kappa shape index (κ2) is 2.25. The summed E-state index contributed by atoms with van der Waals surface area (Å²) < 4.78 is 0. The van der Waals surface area contributed by atoms with E-state index in [1.807, 2.05) is 0 Å². The Labute approximate surface area is 64.0 Å². The minimum absolute atomic E-state index is 1.08. The predicted molar refractivity (Wildman–Crippen MR) is 43.8 cm³/mol. The smallest absolute Gasteiger partial charge is 0.0355 e. The van der Waals surface area contributed by atoms with E-state index in [-0.39, 0.29) is 0 Å². The number of rotatable bonds is 1. The van der Waals surface area contributed by atoms with Gasteiger partial charge in [-0.2, -0.15) is 0 Å². The molecule has 10 heavy (non-hydrogen) atoms. The zero-order valence-corrected chi connectivity index (χ0v) is 7.14. The molecule has 0 spiro atoms. The van der Waals surface area contributed by atoms with Crippen molar-refractivity contribution in [1.29, 1.82) is 0 Å². The lowest BCUT2D eigenvalue weighted by atomic mass is 9.53. The van der Waals surface area contributed by atoms with Gasteiger partial charge in [-0.25, -0.2) is 0 Å². The average molecular weight is 138 g/mol. The summed E-state index contributed by atoms with van der Waals surface area (Å²) in [4.78, 5) is 0. The minimum Gasteiger partial charge on any atom is -0.0651 e. The van der Waals surface area contributed by atoms with Gasteiger partial charge in [0.25, 0.3) is 0 Å². The molecular weight excluding hydrogens is 120 g/mol. The molecule has 0 N–H and O–H groups in total. The van der Waals surface area contributed by atoms with Crippen LogP contribution in [-0.2, 0) is 0 Å². The summed E-state index contributed by atoms with van der Waals surface area (Å²) >= 11 is 0. The topological polar surface area (TPSA) is 0 Å². The molecule has 0 heterocycles. The predicted octanol–water partition coefficient (Wildman–Crippen LogP) is 3.08. The largest absolute Gasteiger partial charge is 0.0651 e. The SMILES string of the molecule is CCC1CCC2CC1C2C. The molecule has 3 saturated carbocycles. The first-order chi connectivity index (χ1) is 4.83. The maximum absolute atomic E-state index is 2.46. The first-order valence-corrected chi connectivity index (χ1v) is 4.83. The molecule has 3 aliphatic rings. The Kier molecular flexibility index (Phi) is 1.51. The zero-order valence-electron chi connectivity index (χ0n) is 7.14. The maximum Gasteiger partial charge on any atom is -0.0355 e. The van der Waals surface area contributed by atoms with Crippen LogP contribution >= 0.6 is 0 Å². The molecule has 0 amide bonds. The highest BCUT2D eigenvalue weighted by atomic mass is 14.5. The van der Waals surface area contributed by atoms with Gasteiger partial charge >= 0.3 is 0 Å². The monoisotopic (exact) mass is 138 g/mol. The van der Waals surface area contributed by atoms with Gasteiger partial charge in [-0.05, 0) is 42.9 Å². The molecule has 0 radical (unpaired) electrons. The third-order valence-corrected chi connectivity index (χ3v) is 4.03. The van der Waals surface area contributed by atoms with Crippen LogP contribution in [0.15, 0.2) is 0 Å². The van der Waals surface area contributed by atoms with Gasteiger partial charge < -0.3 is 0 Å². The Morgan fingerprint density at radius 3 is 2.50 bits per heavy atom. The van der Waals surface area contributed by atoms with Crippen molar-refractivity contribution < 1.29 is 0 Å². The second-order valence-electron chi connectivity index (χ2n) is 4.26. The molecule has 0 aliphatic heterocycles. The van der Waals surface area contributed by atoms with Crippen molar-refractivity contribution in [2.45, 2.75) is 39.5 Å². The van der Waals surface area contributed by atoms with Crippen molar-refractivity contribution in [1.82, 2.24) is 0 Å². The Morgan fingerprint density at radius 1 is 1.30 bits per heavy atom. The maximum atomic E-state index is 2.46. The lowest BCUT2D eigenvalue weighted by Crippen LogP contribution is -2.44. The minimum atomic E-state index is 1.08. The van der Waals surface area contributed by atoms with E-state index in [9.17, 15) is 0 Å². The normalized spacial score (nSPS) is 52.2. The van der Waals surface area contributed by atoms with Gasteiger partial charge in [-0.1, -0.05) is 20.3 Å². The third-order valence-electron chi connectivity index (χ3n) is 4.03. The van der Waals surface area contributed by atoms with Crippen LogP contribution in [-0.4, -0.2) is 0 Å². The third kappa shape index (κ3) is 0.741. The summed E-state index contributed by atoms with van der Waals surface area (Å²) in [7, 11) is 0. The van der Waals surface area contributed by atoms with Crippen LogP contribution in [0.25, 0.3) is 0 Å². The fourth-order valence-electron chi connectivity index (χ4n) is 3.08. The van der Waals surface area contributed by atoms with Gasteiger partial charge in [0.1, 0.15) is 0 Å². The molecule has 0 nitrogen and oxygen atoms in total. The van der Waals surface area contributed by atoms with Crippen molar-refractivity contribution >= 4 is 0 Å². The van der Waals surface area contributed by atoms with E-state index < -0.39 is 0 Å². The molecule has 0 heteroatoms.